The first-order valence-corrected chi connectivity index (χ1v) is 8.32. The summed E-state index contributed by atoms with van der Waals surface area (Å²) >= 11 is 0. The molecule has 132 valence electrons. The molecule has 1 N–H and O–H groups in total. The van der Waals surface area contributed by atoms with Crippen molar-refractivity contribution in [1.82, 2.24) is 4.90 Å². The number of unbranched alkanes of at least 4 members (excludes halogenated alkanes) is 1. The first-order valence-electron chi connectivity index (χ1n) is 8.32. The average Bonchev–Trinajstić information content (AvgIpc) is 2.64. The van der Waals surface area contributed by atoms with Crippen LogP contribution in [-0.2, 0) is 6.61 Å². The Morgan fingerprint density at radius 2 is 1.84 bits per heavy atom. The third-order valence-electron chi connectivity index (χ3n) is 3.89. The molecule has 0 spiro atoms. The standard InChI is InChI=1S/C20H23NO4/c1-3-4-12-21(2)19(22)17-13-16(20(23)24)10-11-18(17)25-14-15-8-6-5-7-9-15/h5-11,13H,3-4,12,14H2,1-2H3,(H,23,24). The van der Waals surface area contributed by atoms with Crippen molar-refractivity contribution in [1.29, 1.82) is 0 Å². The fraction of sp³-hybridized carbons (Fsp3) is 0.300. The van der Waals surface area contributed by atoms with E-state index in [1.807, 2.05) is 30.3 Å². The number of ether oxygens (including phenoxy) is 1. The largest absolute Gasteiger partial charge is 0.488 e. The van der Waals surface area contributed by atoms with Crippen LogP contribution in [-0.4, -0.2) is 35.5 Å². The van der Waals surface area contributed by atoms with Crippen LogP contribution in [0.15, 0.2) is 48.5 Å². The Morgan fingerprint density at radius 1 is 1.12 bits per heavy atom. The molecule has 0 aliphatic heterocycles. The molecule has 0 unspecified atom stereocenters. The monoisotopic (exact) mass is 341 g/mol. The molecule has 5 nitrogen and oxygen atoms in total. The van der Waals surface area contributed by atoms with Crippen molar-refractivity contribution in [3.8, 4) is 5.75 Å². The van der Waals surface area contributed by atoms with Crippen LogP contribution in [0.1, 0.15) is 46.0 Å². The summed E-state index contributed by atoms with van der Waals surface area (Å²) in [5.41, 5.74) is 1.32. The van der Waals surface area contributed by atoms with Gasteiger partial charge in [-0.15, -0.1) is 0 Å². The number of carboxylic acids is 1. The normalized spacial score (nSPS) is 10.3. The van der Waals surface area contributed by atoms with Gasteiger partial charge in [0.2, 0.25) is 0 Å². The van der Waals surface area contributed by atoms with Crippen LogP contribution in [0.25, 0.3) is 0 Å². The van der Waals surface area contributed by atoms with Gasteiger partial charge in [-0.3, -0.25) is 4.79 Å². The van der Waals surface area contributed by atoms with E-state index >= 15 is 0 Å². The Morgan fingerprint density at radius 3 is 2.48 bits per heavy atom. The number of nitrogens with zero attached hydrogens (tertiary/aromatic N) is 1. The van der Waals surface area contributed by atoms with Gasteiger partial charge in [-0.05, 0) is 30.2 Å². The number of hydrogen-bond acceptors (Lipinski definition) is 3. The van der Waals surface area contributed by atoms with Crippen molar-refractivity contribution >= 4 is 11.9 Å². The predicted octanol–water partition coefficient (Wildman–Crippen LogP) is 3.84. The third-order valence-corrected chi connectivity index (χ3v) is 3.89. The molecule has 2 rings (SSSR count). The minimum atomic E-state index is -1.07. The molecule has 0 bridgehead atoms. The van der Waals surface area contributed by atoms with Crippen molar-refractivity contribution in [3.63, 3.8) is 0 Å². The van der Waals surface area contributed by atoms with Crippen molar-refractivity contribution in [2.75, 3.05) is 13.6 Å². The van der Waals surface area contributed by atoms with Crippen LogP contribution < -0.4 is 4.74 Å². The molecule has 0 saturated carbocycles. The zero-order valence-electron chi connectivity index (χ0n) is 14.6. The van der Waals surface area contributed by atoms with Gasteiger partial charge in [0.1, 0.15) is 12.4 Å². The Hall–Kier alpha value is -2.82. The number of carboxylic acid groups (broad SMARTS) is 1. The number of amides is 1. The number of aromatic carboxylic acids is 1. The van der Waals surface area contributed by atoms with Crippen molar-refractivity contribution in [2.45, 2.75) is 26.4 Å². The van der Waals surface area contributed by atoms with E-state index < -0.39 is 5.97 Å². The lowest BCUT2D eigenvalue weighted by atomic mass is 10.1. The summed E-state index contributed by atoms with van der Waals surface area (Å²) < 4.78 is 5.79. The van der Waals surface area contributed by atoms with Gasteiger partial charge in [-0.2, -0.15) is 0 Å². The highest BCUT2D eigenvalue weighted by molar-refractivity contribution is 5.99. The van der Waals surface area contributed by atoms with E-state index in [1.54, 1.807) is 18.0 Å². The molecule has 2 aromatic rings. The van der Waals surface area contributed by atoms with E-state index in [-0.39, 0.29) is 17.0 Å². The molecule has 0 atom stereocenters. The minimum absolute atomic E-state index is 0.0688. The molecular weight excluding hydrogens is 318 g/mol. The van der Waals surface area contributed by atoms with E-state index in [2.05, 4.69) is 6.92 Å². The van der Waals surface area contributed by atoms with Crippen LogP contribution in [0.5, 0.6) is 5.75 Å². The maximum atomic E-state index is 12.7. The highest BCUT2D eigenvalue weighted by Gasteiger charge is 2.19. The zero-order valence-corrected chi connectivity index (χ0v) is 14.6. The summed E-state index contributed by atoms with van der Waals surface area (Å²) in [6, 6.07) is 14.0. The summed E-state index contributed by atoms with van der Waals surface area (Å²) in [7, 11) is 1.71. The van der Waals surface area contributed by atoms with Crippen LogP contribution in [0.3, 0.4) is 0 Å². The second kappa shape index (κ2) is 8.87. The second-order valence-electron chi connectivity index (χ2n) is 5.87. The van der Waals surface area contributed by atoms with E-state index in [9.17, 15) is 14.7 Å². The SMILES string of the molecule is CCCCN(C)C(=O)c1cc(C(=O)O)ccc1OCc1ccccc1. The Bertz CT molecular complexity index is 728. The van der Waals surface area contributed by atoms with Gasteiger partial charge in [0, 0.05) is 13.6 Å². The lowest BCUT2D eigenvalue weighted by Gasteiger charge is -2.19. The van der Waals surface area contributed by atoms with Crippen LogP contribution in [0, 0.1) is 0 Å². The van der Waals surface area contributed by atoms with Crippen molar-refractivity contribution in [3.05, 3.63) is 65.2 Å². The van der Waals surface area contributed by atoms with Gasteiger partial charge in [0.05, 0.1) is 11.1 Å². The van der Waals surface area contributed by atoms with E-state index in [0.717, 1.165) is 18.4 Å². The summed E-state index contributed by atoms with van der Waals surface area (Å²) in [5, 5.41) is 9.20. The predicted molar refractivity (Wildman–Crippen MR) is 96.0 cm³/mol. The highest BCUT2D eigenvalue weighted by Crippen LogP contribution is 2.23. The third kappa shape index (κ3) is 5.08. The molecule has 0 aliphatic carbocycles. The number of carbonyl (C=O) groups excluding carboxylic acids is 1. The van der Waals surface area contributed by atoms with E-state index in [0.29, 0.717) is 18.9 Å². The Balaban J connectivity index is 2.25. The lowest BCUT2D eigenvalue weighted by Crippen LogP contribution is -2.28. The second-order valence-corrected chi connectivity index (χ2v) is 5.87. The maximum absolute atomic E-state index is 12.7. The number of carbonyl (C=O) groups is 2. The number of benzene rings is 2. The van der Waals surface area contributed by atoms with Gasteiger partial charge in [-0.25, -0.2) is 4.79 Å². The molecule has 0 saturated heterocycles. The molecule has 1 amide bonds. The summed E-state index contributed by atoms with van der Waals surface area (Å²) in [6.45, 7) is 2.98. The van der Waals surface area contributed by atoms with Gasteiger partial charge < -0.3 is 14.7 Å². The molecule has 0 heterocycles. The van der Waals surface area contributed by atoms with E-state index in [1.165, 1.54) is 12.1 Å². The van der Waals surface area contributed by atoms with Crippen LogP contribution in [0.2, 0.25) is 0 Å². The number of rotatable bonds is 8. The molecule has 25 heavy (non-hydrogen) atoms. The summed E-state index contributed by atoms with van der Waals surface area (Å²) in [6.07, 6.45) is 1.87. The fourth-order valence-corrected chi connectivity index (χ4v) is 2.39. The molecular formula is C20H23NO4. The first-order chi connectivity index (χ1) is 12.0. The quantitative estimate of drug-likeness (QED) is 0.792. The zero-order chi connectivity index (χ0) is 18.2. The fourth-order valence-electron chi connectivity index (χ4n) is 2.39. The number of hydrogen-bond donors (Lipinski definition) is 1. The van der Waals surface area contributed by atoms with Crippen LogP contribution in [0.4, 0.5) is 0 Å². The van der Waals surface area contributed by atoms with Gasteiger partial charge >= 0.3 is 5.97 Å². The van der Waals surface area contributed by atoms with E-state index in [4.69, 9.17) is 4.74 Å². The van der Waals surface area contributed by atoms with Gasteiger partial charge in [-0.1, -0.05) is 43.7 Å². The molecule has 2 aromatic carbocycles. The van der Waals surface area contributed by atoms with Gasteiger partial charge in [0.25, 0.3) is 5.91 Å². The Labute approximate surface area is 147 Å². The molecule has 0 fully saturated rings. The topological polar surface area (TPSA) is 66.8 Å². The maximum Gasteiger partial charge on any atom is 0.335 e. The molecule has 5 heteroatoms. The summed E-state index contributed by atoms with van der Waals surface area (Å²) in [5.74, 6) is -0.915. The van der Waals surface area contributed by atoms with Gasteiger partial charge in [0.15, 0.2) is 0 Å². The van der Waals surface area contributed by atoms with Crippen molar-refractivity contribution < 1.29 is 19.4 Å². The van der Waals surface area contributed by atoms with Crippen LogP contribution >= 0.6 is 0 Å². The molecule has 0 aromatic heterocycles. The first kappa shape index (κ1) is 18.5. The highest BCUT2D eigenvalue weighted by atomic mass is 16.5. The smallest absolute Gasteiger partial charge is 0.335 e. The van der Waals surface area contributed by atoms with Crippen molar-refractivity contribution in [2.24, 2.45) is 0 Å². The Kier molecular flexibility index (Phi) is 6.57. The summed E-state index contributed by atoms with van der Waals surface area (Å²) in [4.78, 5) is 25.6. The minimum Gasteiger partial charge on any atom is -0.488 e. The lowest BCUT2D eigenvalue weighted by molar-refractivity contribution is 0.0697. The average molecular weight is 341 g/mol. The molecule has 0 radical (unpaired) electrons. The molecule has 0 aliphatic rings.